The molecule has 0 aliphatic heterocycles. The number of rotatable bonds is 5. The smallest absolute Gasteiger partial charge is 0.118 e. The van der Waals surface area contributed by atoms with E-state index in [-0.39, 0.29) is 0 Å². The van der Waals surface area contributed by atoms with Gasteiger partial charge in [0.1, 0.15) is 5.75 Å². The highest BCUT2D eigenvalue weighted by atomic mass is 16.5. The summed E-state index contributed by atoms with van der Waals surface area (Å²) in [4.78, 5) is 0. The van der Waals surface area contributed by atoms with E-state index in [2.05, 4.69) is 26.0 Å². The maximum atomic E-state index is 5.80. The van der Waals surface area contributed by atoms with Crippen molar-refractivity contribution in [2.45, 2.75) is 32.8 Å². The third kappa shape index (κ3) is 2.81. The van der Waals surface area contributed by atoms with E-state index in [1.807, 2.05) is 12.1 Å². The fourth-order valence-electron chi connectivity index (χ4n) is 2.77. The maximum Gasteiger partial charge on any atom is 0.118 e. The zero-order chi connectivity index (χ0) is 12.3. The predicted octanol–water partition coefficient (Wildman–Crippen LogP) is 3.30. The van der Waals surface area contributed by atoms with E-state index in [0.717, 1.165) is 24.7 Å². The molecule has 0 saturated heterocycles. The lowest BCUT2D eigenvalue weighted by Crippen LogP contribution is -2.43. The van der Waals surface area contributed by atoms with Crippen molar-refractivity contribution in [3.05, 3.63) is 29.8 Å². The molecule has 17 heavy (non-hydrogen) atoms. The summed E-state index contributed by atoms with van der Waals surface area (Å²) in [6, 6.07) is 8.38. The lowest BCUT2D eigenvalue weighted by molar-refractivity contribution is -0.0838. The molecule has 0 radical (unpaired) electrons. The molecular formula is C15H22O2. The first-order valence-corrected chi connectivity index (χ1v) is 6.49. The van der Waals surface area contributed by atoms with Gasteiger partial charge in [-0.1, -0.05) is 19.1 Å². The molecule has 2 heteroatoms. The molecule has 1 fully saturated rings. The lowest BCUT2D eigenvalue weighted by atomic mass is 9.70. The molecule has 1 aliphatic rings. The summed E-state index contributed by atoms with van der Waals surface area (Å²) in [6.45, 7) is 5.19. The fourth-order valence-corrected chi connectivity index (χ4v) is 2.77. The first-order valence-electron chi connectivity index (χ1n) is 6.49. The Kier molecular flexibility index (Phi) is 4.06. The Hall–Kier alpha value is -1.02. The second kappa shape index (κ2) is 5.54. The number of hydrogen-bond acceptors (Lipinski definition) is 2. The number of methoxy groups -OCH3 is 1. The average molecular weight is 234 g/mol. The minimum absolute atomic E-state index is 0.460. The second-order valence-electron chi connectivity index (χ2n) is 4.95. The van der Waals surface area contributed by atoms with Crippen molar-refractivity contribution in [2.75, 3.05) is 13.7 Å². The molecule has 0 amide bonds. The molecule has 94 valence electrons. The van der Waals surface area contributed by atoms with Crippen molar-refractivity contribution in [3.63, 3.8) is 0 Å². The fraction of sp³-hybridized carbons (Fsp3) is 0.600. The van der Waals surface area contributed by atoms with Crippen molar-refractivity contribution < 1.29 is 9.47 Å². The van der Waals surface area contributed by atoms with Crippen molar-refractivity contribution in [1.29, 1.82) is 0 Å². The quantitative estimate of drug-likeness (QED) is 0.778. The van der Waals surface area contributed by atoms with Gasteiger partial charge in [-0.25, -0.2) is 0 Å². The Balaban J connectivity index is 1.92. The molecule has 0 aromatic heterocycles. The molecular weight excluding hydrogens is 212 g/mol. The highest BCUT2D eigenvalue weighted by Gasteiger charge is 2.38. The molecule has 0 N–H and O–H groups in total. The SMILES string of the molecule is CCOC1C(C)CC1Cc1ccc(OC)cc1. The number of ether oxygens (including phenoxy) is 2. The van der Waals surface area contributed by atoms with Gasteiger partial charge in [0.2, 0.25) is 0 Å². The minimum atomic E-state index is 0.460. The molecule has 3 atom stereocenters. The van der Waals surface area contributed by atoms with Crippen LogP contribution in [-0.4, -0.2) is 19.8 Å². The van der Waals surface area contributed by atoms with Crippen LogP contribution in [0.1, 0.15) is 25.8 Å². The van der Waals surface area contributed by atoms with Crippen LogP contribution in [0.5, 0.6) is 5.75 Å². The van der Waals surface area contributed by atoms with Crippen molar-refractivity contribution >= 4 is 0 Å². The van der Waals surface area contributed by atoms with Crippen LogP contribution in [0.15, 0.2) is 24.3 Å². The van der Waals surface area contributed by atoms with Crippen LogP contribution < -0.4 is 4.74 Å². The van der Waals surface area contributed by atoms with Gasteiger partial charge in [0.15, 0.2) is 0 Å². The van der Waals surface area contributed by atoms with Crippen LogP contribution in [0.2, 0.25) is 0 Å². The number of hydrogen-bond donors (Lipinski definition) is 0. The van der Waals surface area contributed by atoms with Gasteiger partial charge in [0.25, 0.3) is 0 Å². The molecule has 0 bridgehead atoms. The largest absolute Gasteiger partial charge is 0.497 e. The highest BCUT2D eigenvalue weighted by molar-refractivity contribution is 5.27. The molecule has 1 saturated carbocycles. The van der Waals surface area contributed by atoms with Crippen LogP contribution in [-0.2, 0) is 11.2 Å². The zero-order valence-corrected chi connectivity index (χ0v) is 11.0. The topological polar surface area (TPSA) is 18.5 Å². The van der Waals surface area contributed by atoms with Crippen molar-refractivity contribution in [1.82, 2.24) is 0 Å². The third-order valence-electron chi connectivity index (χ3n) is 3.72. The van der Waals surface area contributed by atoms with Gasteiger partial charge in [-0.05, 0) is 49.3 Å². The van der Waals surface area contributed by atoms with E-state index in [9.17, 15) is 0 Å². The average Bonchev–Trinajstić information content (AvgIpc) is 2.36. The van der Waals surface area contributed by atoms with Gasteiger partial charge in [-0.3, -0.25) is 0 Å². The van der Waals surface area contributed by atoms with E-state index in [4.69, 9.17) is 9.47 Å². The van der Waals surface area contributed by atoms with Gasteiger partial charge in [0.05, 0.1) is 13.2 Å². The van der Waals surface area contributed by atoms with E-state index >= 15 is 0 Å². The Labute approximate surface area is 104 Å². The van der Waals surface area contributed by atoms with E-state index in [1.54, 1.807) is 7.11 Å². The van der Waals surface area contributed by atoms with Gasteiger partial charge in [-0.2, -0.15) is 0 Å². The first-order chi connectivity index (χ1) is 8.24. The van der Waals surface area contributed by atoms with Crippen molar-refractivity contribution in [3.8, 4) is 5.75 Å². The van der Waals surface area contributed by atoms with Crippen LogP contribution in [0.4, 0.5) is 0 Å². The van der Waals surface area contributed by atoms with E-state index in [0.29, 0.717) is 12.0 Å². The summed E-state index contributed by atoms with van der Waals surface area (Å²) < 4.78 is 11.0. The van der Waals surface area contributed by atoms with Crippen LogP contribution in [0, 0.1) is 11.8 Å². The Bertz CT molecular complexity index is 344. The molecule has 2 rings (SSSR count). The van der Waals surface area contributed by atoms with Gasteiger partial charge in [0, 0.05) is 6.61 Å². The summed E-state index contributed by atoms with van der Waals surface area (Å²) >= 11 is 0. The van der Waals surface area contributed by atoms with Crippen LogP contribution >= 0.6 is 0 Å². The minimum Gasteiger partial charge on any atom is -0.497 e. The molecule has 1 aromatic carbocycles. The summed E-state index contributed by atoms with van der Waals surface area (Å²) in [5, 5.41) is 0. The Morgan fingerprint density at radius 2 is 1.94 bits per heavy atom. The van der Waals surface area contributed by atoms with Crippen LogP contribution in [0.3, 0.4) is 0 Å². The second-order valence-corrected chi connectivity index (χ2v) is 4.95. The third-order valence-corrected chi connectivity index (χ3v) is 3.72. The van der Waals surface area contributed by atoms with Gasteiger partial charge < -0.3 is 9.47 Å². The normalized spacial score (nSPS) is 27.6. The Morgan fingerprint density at radius 1 is 1.24 bits per heavy atom. The van der Waals surface area contributed by atoms with Gasteiger partial charge >= 0.3 is 0 Å². The van der Waals surface area contributed by atoms with E-state index in [1.165, 1.54) is 12.0 Å². The van der Waals surface area contributed by atoms with Crippen LogP contribution in [0.25, 0.3) is 0 Å². The summed E-state index contributed by atoms with van der Waals surface area (Å²) in [5.74, 6) is 2.34. The van der Waals surface area contributed by atoms with Gasteiger partial charge in [-0.15, -0.1) is 0 Å². The molecule has 1 aromatic rings. The first kappa shape index (κ1) is 12.4. The Morgan fingerprint density at radius 3 is 2.47 bits per heavy atom. The maximum absolute atomic E-state index is 5.80. The zero-order valence-electron chi connectivity index (χ0n) is 11.0. The monoisotopic (exact) mass is 234 g/mol. The molecule has 1 aliphatic carbocycles. The summed E-state index contributed by atoms with van der Waals surface area (Å²) in [7, 11) is 1.70. The summed E-state index contributed by atoms with van der Waals surface area (Å²) in [5.41, 5.74) is 1.38. The predicted molar refractivity (Wildman–Crippen MR) is 69.4 cm³/mol. The van der Waals surface area contributed by atoms with E-state index < -0.39 is 0 Å². The highest BCUT2D eigenvalue weighted by Crippen LogP contribution is 2.38. The molecule has 0 heterocycles. The standard InChI is InChI=1S/C15H22O2/c1-4-17-15-11(2)9-13(15)10-12-5-7-14(16-3)8-6-12/h5-8,11,13,15H,4,9-10H2,1-3H3. The van der Waals surface area contributed by atoms with Crippen molar-refractivity contribution in [2.24, 2.45) is 11.8 Å². The molecule has 2 nitrogen and oxygen atoms in total. The summed E-state index contributed by atoms with van der Waals surface area (Å²) in [6.07, 6.45) is 2.87. The molecule has 0 spiro atoms. The number of benzene rings is 1. The lowest BCUT2D eigenvalue weighted by Gasteiger charge is -2.42. The molecule has 3 unspecified atom stereocenters.